The second kappa shape index (κ2) is 5.32. The highest BCUT2D eigenvalue weighted by molar-refractivity contribution is 5.67. The van der Waals surface area contributed by atoms with Gasteiger partial charge in [0, 0.05) is 6.54 Å². The first-order valence-electron chi connectivity index (χ1n) is 5.12. The molecule has 1 atom stereocenters. The van der Waals surface area contributed by atoms with Gasteiger partial charge in [0.05, 0.1) is 12.1 Å². The number of nitrogens with one attached hydrogen (secondary N) is 1. The molecule has 0 aromatic carbocycles. The van der Waals surface area contributed by atoms with E-state index in [1.54, 1.807) is 20.8 Å². The fraction of sp³-hybridized carbons (Fsp3) is 0.900. The highest BCUT2D eigenvalue weighted by atomic mass is 16.6. The van der Waals surface area contributed by atoms with Crippen LogP contribution in [0.4, 0.5) is 4.79 Å². The van der Waals surface area contributed by atoms with E-state index in [9.17, 15) is 9.90 Å². The number of amides is 1. The van der Waals surface area contributed by atoms with Crippen LogP contribution in [0.2, 0.25) is 0 Å². The number of alkyl carbamates (subject to hydrolysis) is 1. The van der Waals surface area contributed by atoms with Gasteiger partial charge in [-0.2, -0.15) is 0 Å². The van der Waals surface area contributed by atoms with Crippen LogP contribution in [0.3, 0.4) is 0 Å². The molecule has 0 saturated heterocycles. The Balaban J connectivity index is 4.00. The summed E-state index contributed by atoms with van der Waals surface area (Å²) < 4.78 is 5.02. The highest BCUT2D eigenvalue weighted by Crippen LogP contribution is 2.08. The summed E-state index contributed by atoms with van der Waals surface area (Å²) in [6.07, 6.45) is -0.0536. The summed E-state index contributed by atoms with van der Waals surface area (Å²) in [5.74, 6) is 0. The van der Waals surface area contributed by atoms with Crippen molar-refractivity contribution in [3.63, 3.8) is 0 Å². The average Bonchev–Trinajstić information content (AvgIpc) is 2.12. The molecule has 1 amide bonds. The van der Waals surface area contributed by atoms with Crippen LogP contribution in [0.15, 0.2) is 0 Å². The second-order valence-electron chi connectivity index (χ2n) is 4.64. The first kappa shape index (κ1) is 14.2. The predicted molar refractivity (Wildman–Crippen MR) is 58.5 cm³/mol. The zero-order valence-corrected chi connectivity index (χ0v) is 9.96. The van der Waals surface area contributed by atoms with E-state index in [4.69, 9.17) is 10.5 Å². The Kier molecular flexibility index (Phi) is 5.03. The Bertz CT molecular complexity index is 207. The first-order valence-corrected chi connectivity index (χ1v) is 5.12. The van der Waals surface area contributed by atoms with Crippen LogP contribution < -0.4 is 11.1 Å². The second-order valence-corrected chi connectivity index (χ2v) is 4.64. The molecule has 0 aromatic heterocycles. The van der Waals surface area contributed by atoms with Crippen molar-refractivity contribution < 1.29 is 14.6 Å². The average molecular weight is 218 g/mol. The molecule has 0 spiro atoms. The molecular weight excluding hydrogens is 196 g/mol. The molecule has 0 saturated carbocycles. The molecule has 0 bridgehead atoms. The zero-order valence-electron chi connectivity index (χ0n) is 9.96. The lowest BCUT2D eigenvalue weighted by atomic mass is 10.0. The van der Waals surface area contributed by atoms with E-state index < -0.39 is 17.3 Å². The maximum absolute atomic E-state index is 11.3. The van der Waals surface area contributed by atoms with Crippen molar-refractivity contribution in [2.75, 3.05) is 13.1 Å². The Morgan fingerprint density at radius 2 is 2.00 bits per heavy atom. The molecule has 4 N–H and O–H groups in total. The van der Waals surface area contributed by atoms with Gasteiger partial charge < -0.3 is 20.9 Å². The predicted octanol–water partition coefficient (Wildman–Crippen LogP) is 0.611. The number of nitrogens with two attached hydrogens (primary N) is 1. The number of carbonyl (C=O) groups excluding carboxylic acids is 1. The van der Waals surface area contributed by atoms with Crippen LogP contribution in [-0.2, 0) is 4.74 Å². The van der Waals surface area contributed by atoms with Crippen molar-refractivity contribution in [2.45, 2.75) is 45.3 Å². The molecule has 0 aliphatic heterocycles. The van der Waals surface area contributed by atoms with Gasteiger partial charge in [-0.05, 0) is 27.2 Å². The van der Waals surface area contributed by atoms with Crippen LogP contribution in [0.5, 0.6) is 0 Å². The van der Waals surface area contributed by atoms with Gasteiger partial charge in [0.1, 0.15) is 5.60 Å². The maximum atomic E-state index is 11.3. The summed E-state index contributed by atoms with van der Waals surface area (Å²) in [5, 5.41) is 12.3. The van der Waals surface area contributed by atoms with E-state index in [1.807, 2.05) is 6.92 Å². The number of ether oxygens (including phenoxy) is 1. The van der Waals surface area contributed by atoms with Crippen LogP contribution in [0.25, 0.3) is 0 Å². The Morgan fingerprint density at radius 1 is 1.47 bits per heavy atom. The monoisotopic (exact) mass is 218 g/mol. The van der Waals surface area contributed by atoms with Crippen molar-refractivity contribution in [3.8, 4) is 0 Å². The van der Waals surface area contributed by atoms with E-state index in [0.717, 1.165) is 0 Å². The molecule has 0 radical (unpaired) electrons. The summed E-state index contributed by atoms with van der Waals surface area (Å²) in [6, 6.07) is 0. The quantitative estimate of drug-likeness (QED) is 0.645. The van der Waals surface area contributed by atoms with Crippen molar-refractivity contribution in [2.24, 2.45) is 5.73 Å². The third-order valence-electron chi connectivity index (χ3n) is 2.00. The maximum Gasteiger partial charge on any atom is 0.407 e. The summed E-state index contributed by atoms with van der Waals surface area (Å²) in [6.45, 7) is 7.36. The van der Waals surface area contributed by atoms with Gasteiger partial charge in [0.15, 0.2) is 0 Å². The number of aliphatic hydroxyl groups is 1. The molecule has 15 heavy (non-hydrogen) atoms. The molecule has 5 nitrogen and oxygen atoms in total. The molecule has 0 aliphatic carbocycles. The fourth-order valence-electron chi connectivity index (χ4n) is 0.892. The standard InChI is InChI=1S/C10H22N2O3/c1-5-10(14,6-11)7-12-8(13)15-9(2,3)4/h14H,5-7,11H2,1-4H3,(H,12,13). The van der Waals surface area contributed by atoms with Gasteiger partial charge in [-0.1, -0.05) is 6.92 Å². The lowest BCUT2D eigenvalue weighted by molar-refractivity contribution is 0.0267. The van der Waals surface area contributed by atoms with E-state index in [1.165, 1.54) is 0 Å². The largest absolute Gasteiger partial charge is 0.444 e. The van der Waals surface area contributed by atoms with Gasteiger partial charge in [0.2, 0.25) is 0 Å². The molecule has 0 rings (SSSR count). The summed E-state index contributed by atoms with van der Waals surface area (Å²) in [4.78, 5) is 11.3. The summed E-state index contributed by atoms with van der Waals surface area (Å²) in [5.41, 5.74) is 3.81. The molecule has 90 valence electrons. The third kappa shape index (κ3) is 6.30. The smallest absolute Gasteiger partial charge is 0.407 e. The lowest BCUT2D eigenvalue weighted by Gasteiger charge is -2.26. The van der Waals surface area contributed by atoms with Gasteiger partial charge in [-0.3, -0.25) is 0 Å². The third-order valence-corrected chi connectivity index (χ3v) is 2.00. The van der Waals surface area contributed by atoms with Crippen LogP contribution in [0, 0.1) is 0 Å². The molecule has 0 aliphatic rings. The molecule has 0 fully saturated rings. The number of hydrogen-bond donors (Lipinski definition) is 3. The van der Waals surface area contributed by atoms with Gasteiger partial charge in [-0.15, -0.1) is 0 Å². The normalized spacial score (nSPS) is 15.6. The molecule has 1 unspecified atom stereocenters. The van der Waals surface area contributed by atoms with E-state index >= 15 is 0 Å². The van der Waals surface area contributed by atoms with Gasteiger partial charge in [0.25, 0.3) is 0 Å². The molecule has 0 heterocycles. The Morgan fingerprint density at radius 3 is 2.33 bits per heavy atom. The van der Waals surface area contributed by atoms with E-state index in [2.05, 4.69) is 5.32 Å². The van der Waals surface area contributed by atoms with Crippen LogP contribution in [-0.4, -0.2) is 35.5 Å². The number of hydrogen-bond acceptors (Lipinski definition) is 4. The van der Waals surface area contributed by atoms with E-state index in [-0.39, 0.29) is 13.1 Å². The summed E-state index contributed by atoms with van der Waals surface area (Å²) in [7, 11) is 0. The SMILES string of the molecule is CCC(O)(CN)CNC(=O)OC(C)(C)C. The first-order chi connectivity index (χ1) is 6.72. The summed E-state index contributed by atoms with van der Waals surface area (Å²) >= 11 is 0. The van der Waals surface area contributed by atoms with Crippen LogP contribution >= 0.6 is 0 Å². The molecular formula is C10H22N2O3. The van der Waals surface area contributed by atoms with Crippen molar-refractivity contribution in [1.29, 1.82) is 0 Å². The number of rotatable bonds is 4. The topological polar surface area (TPSA) is 84.6 Å². The minimum Gasteiger partial charge on any atom is -0.444 e. The van der Waals surface area contributed by atoms with Gasteiger partial charge >= 0.3 is 6.09 Å². The van der Waals surface area contributed by atoms with Crippen molar-refractivity contribution in [3.05, 3.63) is 0 Å². The van der Waals surface area contributed by atoms with Gasteiger partial charge in [-0.25, -0.2) is 4.79 Å². The molecule has 5 heteroatoms. The molecule has 0 aromatic rings. The lowest BCUT2D eigenvalue weighted by Crippen LogP contribution is -2.48. The Hall–Kier alpha value is -0.810. The Labute approximate surface area is 91.0 Å². The minimum atomic E-state index is -1.04. The highest BCUT2D eigenvalue weighted by Gasteiger charge is 2.24. The van der Waals surface area contributed by atoms with E-state index in [0.29, 0.717) is 6.42 Å². The van der Waals surface area contributed by atoms with Crippen LogP contribution in [0.1, 0.15) is 34.1 Å². The number of carbonyl (C=O) groups is 1. The fourth-order valence-corrected chi connectivity index (χ4v) is 0.892. The zero-order chi connectivity index (χ0) is 12.1. The van der Waals surface area contributed by atoms with Crippen molar-refractivity contribution >= 4 is 6.09 Å². The minimum absolute atomic E-state index is 0.106. The van der Waals surface area contributed by atoms with Crippen molar-refractivity contribution in [1.82, 2.24) is 5.32 Å².